The third kappa shape index (κ3) is 3.48. The van der Waals surface area contributed by atoms with Gasteiger partial charge in [0.1, 0.15) is 5.75 Å². The van der Waals surface area contributed by atoms with Crippen molar-refractivity contribution in [3.05, 3.63) is 28.2 Å². The molecule has 1 saturated heterocycles. The average Bonchev–Trinajstić information content (AvgIpc) is 2.39. The lowest BCUT2D eigenvalue weighted by Crippen LogP contribution is -2.52. The van der Waals surface area contributed by atoms with Crippen LogP contribution in [0.3, 0.4) is 0 Å². The third-order valence-corrected chi connectivity index (χ3v) is 4.01. The minimum Gasteiger partial charge on any atom is -0.496 e. The summed E-state index contributed by atoms with van der Waals surface area (Å²) in [5, 5.41) is 3.29. The number of benzene rings is 1. The molecule has 0 saturated carbocycles. The van der Waals surface area contributed by atoms with Crippen LogP contribution in [0, 0.1) is 0 Å². The van der Waals surface area contributed by atoms with Gasteiger partial charge < -0.3 is 15.0 Å². The van der Waals surface area contributed by atoms with Crippen LogP contribution in [0.5, 0.6) is 5.75 Å². The van der Waals surface area contributed by atoms with Crippen LogP contribution in [0.2, 0.25) is 0 Å². The normalized spacial score (nSPS) is 19.3. The van der Waals surface area contributed by atoms with Gasteiger partial charge in [0.25, 0.3) is 0 Å². The molecular formula is C14H19BrN2O2. The van der Waals surface area contributed by atoms with Gasteiger partial charge in [-0.15, -0.1) is 0 Å². The zero-order chi connectivity index (χ0) is 13.8. The van der Waals surface area contributed by atoms with Gasteiger partial charge >= 0.3 is 0 Å². The Morgan fingerprint density at radius 2 is 2.37 bits per heavy atom. The summed E-state index contributed by atoms with van der Waals surface area (Å²) in [6.07, 6.45) is 0.437. The predicted molar refractivity (Wildman–Crippen MR) is 78.4 cm³/mol. The van der Waals surface area contributed by atoms with Crippen molar-refractivity contribution >= 4 is 21.8 Å². The highest BCUT2D eigenvalue weighted by atomic mass is 79.9. The largest absolute Gasteiger partial charge is 0.496 e. The van der Waals surface area contributed by atoms with Gasteiger partial charge in [0.05, 0.1) is 18.0 Å². The maximum absolute atomic E-state index is 12.3. The maximum Gasteiger partial charge on any atom is 0.227 e. The molecule has 19 heavy (non-hydrogen) atoms. The number of nitrogens with one attached hydrogen (secondary N) is 1. The van der Waals surface area contributed by atoms with Crippen molar-refractivity contribution in [2.24, 2.45) is 0 Å². The van der Waals surface area contributed by atoms with Crippen molar-refractivity contribution in [1.29, 1.82) is 0 Å². The van der Waals surface area contributed by atoms with E-state index in [1.54, 1.807) is 7.11 Å². The van der Waals surface area contributed by atoms with Gasteiger partial charge in [-0.1, -0.05) is 6.07 Å². The molecule has 4 nitrogen and oxygen atoms in total. The Morgan fingerprint density at radius 3 is 3.00 bits per heavy atom. The van der Waals surface area contributed by atoms with Crippen LogP contribution in [0.1, 0.15) is 12.5 Å². The lowest BCUT2D eigenvalue weighted by atomic mass is 10.1. The Labute approximate surface area is 122 Å². The van der Waals surface area contributed by atoms with E-state index >= 15 is 0 Å². The summed E-state index contributed by atoms with van der Waals surface area (Å²) < 4.78 is 6.07. The standard InChI is InChI=1S/C14H19BrN2O2/c1-10-9-16-5-6-17(10)14(18)8-11-3-4-13(19-2)12(15)7-11/h3-4,7,10,16H,5-6,8-9H2,1-2H3. The molecule has 1 aliphatic rings. The van der Waals surface area contributed by atoms with E-state index in [2.05, 4.69) is 28.2 Å². The summed E-state index contributed by atoms with van der Waals surface area (Å²) in [6.45, 7) is 4.62. The van der Waals surface area contributed by atoms with Gasteiger partial charge in [0.15, 0.2) is 0 Å². The van der Waals surface area contributed by atoms with Crippen LogP contribution in [0.25, 0.3) is 0 Å². The number of carbonyl (C=O) groups is 1. The molecule has 0 spiro atoms. The number of carbonyl (C=O) groups excluding carboxylic acids is 1. The van der Waals surface area contributed by atoms with Gasteiger partial charge in [-0.25, -0.2) is 0 Å². The fraction of sp³-hybridized carbons (Fsp3) is 0.500. The van der Waals surface area contributed by atoms with E-state index in [1.807, 2.05) is 23.1 Å². The van der Waals surface area contributed by atoms with E-state index in [9.17, 15) is 4.79 Å². The highest BCUT2D eigenvalue weighted by Crippen LogP contribution is 2.26. The Morgan fingerprint density at radius 1 is 1.58 bits per heavy atom. The van der Waals surface area contributed by atoms with Gasteiger partial charge in [-0.3, -0.25) is 4.79 Å². The molecule has 1 N–H and O–H groups in total. The number of halogens is 1. The number of piperazine rings is 1. The molecule has 0 radical (unpaired) electrons. The highest BCUT2D eigenvalue weighted by Gasteiger charge is 2.22. The summed E-state index contributed by atoms with van der Waals surface area (Å²) in [5.41, 5.74) is 1.00. The van der Waals surface area contributed by atoms with E-state index < -0.39 is 0 Å². The fourth-order valence-corrected chi connectivity index (χ4v) is 2.90. The molecule has 1 fully saturated rings. The molecule has 1 aliphatic heterocycles. The highest BCUT2D eigenvalue weighted by molar-refractivity contribution is 9.10. The first kappa shape index (κ1) is 14.3. The molecule has 104 valence electrons. The lowest BCUT2D eigenvalue weighted by molar-refractivity contribution is -0.133. The molecule has 2 rings (SSSR count). The third-order valence-electron chi connectivity index (χ3n) is 3.39. The van der Waals surface area contributed by atoms with Crippen LogP contribution >= 0.6 is 15.9 Å². The molecule has 1 heterocycles. The second kappa shape index (κ2) is 6.39. The van der Waals surface area contributed by atoms with Crippen molar-refractivity contribution in [1.82, 2.24) is 10.2 Å². The fourth-order valence-electron chi connectivity index (χ4n) is 2.31. The van der Waals surface area contributed by atoms with Crippen molar-refractivity contribution in [2.45, 2.75) is 19.4 Å². The monoisotopic (exact) mass is 326 g/mol. The molecule has 1 unspecified atom stereocenters. The van der Waals surface area contributed by atoms with E-state index in [1.165, 1.54) is 0 Å². The lowest BCUT2D eigenvalue weighted by Gasteiger charge is -2.34. The van der Waals surface area contributed by atoms with E-state index in [4.69, 9.17) is 4.74 Å². The van der Waals surface area contributed by atoms with Gasteiger partial charge in [0.2, 0.25) is 5.91 Å². The molecule has 0 aliphatic carbocycles. The maximum atomic E-state index is 12.3. The number of hydrogen-bond acceptors (Lipinski definition) is 3. The van der Waals surface area contributed by atoms with Gasteiger partial charge in [0, 0.05) is 25.7 Å². The first-order valence-corrected chi connectivity index (χ1v) is 7.23. The van der Waals surface area contributed by atoms with Crippen molar-refractivity contribution < 1.29 is 9.53 Å². The number of nitrogens with zero attached hydrogens (tertiary/aromatic N) is 1. The first-order valence-electron chi connectivity index (χ1n) is 6.44. The van der Waals surface area contributed by atoms with Crippen molar-refractivity contribution in [3.8, 4) is 5.75 Å². The minimum atomic E-state index is 0.186. The molecular weight excluding hydrogens is 308 g/mol. The average molecular weight is 327 g/mol. The van der Waals surface area contributed by atoms with Gasteiger partial charge in [-0.05, 0) is 40.5 Å². The topological polar surface area (TPSA) is 41.6 Å². The number of methoxy groups -OCH3 is 1. The minimum absolute atomic E-state index is 0.186. The SMILES string of the molecule is COc1ccc(CC(=O)N2CCNCC2C)cc1Br. The Bertz CT molecular complexity index is 465. The summed E-state index contributed by atoms with van der Waals surface area (Å²) in [7, 11) is 1.63. The van der Waals surface area contributed by atoms with Crippen LogP contribution in [-0.4, -0.2) is 43.6 Å². The van der Waals surface area contributed by atoms with Gasteiger partial charge in [-0.2, -0.15) is 0 Å². The number of ether oxygens (including phenoxy) is 1. The van der Waals surface area contributed by atoms with Crippen molar-refractivity contribution in [3.63, 3.8) is 0 Å². The van der Waals surface area contributed by atoms with Crippen LogP contribution in [0.4, 0.5) is 0 Å². The Balaban J connectivity index is 2.04. The number of hydrogen-bond donors (Lipinski definition) is 1. The van der Waals surface area contributed by atoms with Crippen LogP contribution < -0.4 is 10.1 Å². The zero-order valence-corrected chi connectivity index (χ0v) is 12.9. The summed E-state index contributed by atoms with van der Waals surface area (Å²) >= 11 is 3.45. The molecule has 1 aromatic carbocycles. The summed E-state index contributed by atoms with van der Waals surface area (Å²) in [6, 6.07) is 6.04. The molecule has 5 heteroatoms. The van der Waals surface area contributed by atoms with Crippen LogP contribution in [0.15, 0.2) is 22.7 Å². The predicted octanol–water partition coefficient (Wildman–Crippen LogP) is 1.82. The molecule has 0 aromatic heterocycles. The smallest absolute Gasteiger partial charge is 0.227 e. The Hall–Kier alpha value is -1.07. The quantitative estimate of drug-likeness (QED) is 0.921. The van der Waals surface area contributed by atoms with E-state index in [0.29, 0.717) is 6.42 Å². The Kier molecular flexibility index (Phi) is 4.82. The number of amides is 1. The second-order valence-corrected chi connectivity index (χ2v) is 5.64. The zero-order valence-electron chi connectivity index (χ0n) is 11.3. The first-order chi connectivity index (χ1) is 9.11. The summed E-state index contributed by atoms with van der Waals surface area (Å²) in [5.74, 6) is 0.970. The second-order valence-electron chi connectivity index (χ2n) is 4.79. The molecule has 0 bridgehead atoms. The molecule has 1 amide bonds. The van der Waals surface area contributed by atoms with E-state index in [-0.39, 0.29) is 11.9 Å². The number of rotatable bonds is 3. The summed E-state index contributed by atoms with van der Waals surface area (Å²) in [4.78, 5) is 14.2. The van der Waals surface area contributed by atoms with Crippen LogP contribution in [-0.2, 0) is 11.2 Å². The molecule has 1 atom stereocenters. The molecule has 1 aromatic rings. The van der Waals surface area contributed by atoms with Crippen molar-refractivity contribution in [2.75, 3.05) is 26.7 Å². The van der Waals surface area contributed by atoms with E-state index in [0.717, 1.165) is 35.4 Å².